The maximum absolute atomic E-state index is 5.63. The molecule has 0 atom stereocenters. The minimum atomic E-state index is 0.556. The Labute approximate surface area is 134 Å². The molecule has 4 nitrogen and oxygen atoms in total. The van der Waals surface area contributed by atoms with Gasteiger partial charge >= 0.3 is 0 Å². The van der Waals surface area contributed by atoms with Crippen molar-refractivity contribution in [3.8, 4) is 0 Å². The lowest BCUT2D eigenvalue weighted by Crippen LogP contribution is -2.13. The molecular weight excluding hydrogens is 286 g/mol. The summed E-state index contributed by atoms with van der Waals surface area (Å²) in [6, 6.07) is 12.0. The molecule has 0 bridgehead atoms. The van der Waals surface area contributed by atoms with Gasteiger partial charge in [-0.1, -0.05) is 30.4 Å². The third kappa shape index (κ3) is 2.55. The van der Waals surface area contributed by atoms with Crippen molar-refractivity contribution in [2.24, 2.45) is 0 Å². The number of nitrogens with zero attached hydrogens (tertiary/aromatic N) is 3. The van der Waals surface area contributed by atoms with Crippen LogP contribution in [0.4, 0.5) is 5.69 Å². The van der Waals surface area contributed by atoms with E-state index in [-0.39, 0.29) is 0 Å². The quantitative estimate of drug-likeness (QED) is 0.708. The number of para-hydroxylation sites is 1. The first-order valence-electron chi connectivity index (χ1n) is 7.42. The third-order valence-electron chi connectivity index (χ3n) is 3.77. The number of fused-ring (bicyclic) bond motifs is 2. The standard InChI is InChI=1S/C19H15N3O/c1-22-13-11-14(15-7-2-3-8-16(15)22)6-4-10-18-21-19-17(23-18)9-5-12-20-19/h2-13H,1H3/b10-4+,14-6+. The van der Waals surface area contributed by atoms with Gasteiger partial charge in [-0.2, -0.15) is 4.98 Å². The number of hydrogen-bond donors (Lipinski definition) is 0. The molecule has 4 rings (SSSR count). The smallest absolute Gasteiger partial charge is 0.221 e. The van der Waals surface area contributed by atoms with Crippen LogP contribution in [0.1, 0.15) is 11.5 Å². The first-order chi connectivity index (χ1) is 11.3. The van der Waals surface area contributed by atoms with Gasteiger partial charge in [0.05, 0.1) is 0 Å². The van der Waals surface area contributed by atoms with Gasteiger partial charge < -0.3 is 9.32 Å². The zero-order valence-corrected chi connectivity index (χ0v) is 12.7. The minimum absolute atomic E-state index is 0.556. The predicted molar refractivity (Wildman–Crippen MR) is 92.8 cm³/mol. The highest BCUT2D eigenvalue weighted by Gasteiger charge is 2.11. The van der Waals surface area contributed by atoms with Gasteiger partial charge in [0.2, 0.25) is 5.89 Å². The highest BCUT2D eigenvalue weighted by Crippen LogP contribution is 2.31. The van der Waals surface area contributed by atoms with E-state index in [1.165, 1.54) is 11.3 Å². The van der Waals surface area contributed by atoms with Crippen LogP contribution < -0.4 is 4.90 Å². The predicted octanol–water partition coefficient (Wildman–Crippen LogP) is 4.28. The number of pyridine rings is 1. The second kappa shape index (κ2) is 5.57. The zero-order valence-electron chi connectivity index (χ0n) is 12.7. The summed E-state index contributed by atoms with van der Waals surface area (Å²) in [5.41, 5.74) is 4.89. The average Bonchev–Trinajstić information content (AvgIpc) is 3.00. The summed E-state index contributed by atoms with van der Waals surface area (Å²) in [5.74, 6) is 0.556. The number of anilines is 1. The fourth-order valence-electron chi connectivity index (χ4n) is 2.62. The van der Waals surface area contributed by atoms with Gasteiger partial charge in [-0.05, 0) is 29.8 Å². The molecule has 1 aliphatic heterocycles. The Morgan fingerprint density at radius 1 is 1.13 bits per heavy atom. The van der Waals surface area contributed by atoms with Crippen molar-refractivity contribution in [2.75, 3.05) is 11.9 Å². The number of hydrogen-bond acceptors (Lipinski definition) is 4. The van der Waals surface area contributed by atoms with Gasteiger partial charge in [0.1, 0.15) is 0 Å². The van der Waals surface area contributed by atoms with Gasteiger partial charge in [0.15, 0.2) is 11.2 Å². The Morgan fingerprint density at radius 2 is 2.04 bits per heavy atom. The topological polar surface area (TPSA) is 42.2 Å². The Morgan fingerprint density at radius 3 is 2.96 bits per heavy atom. The van der Waals surface area contributed by atoms with Crippen molar-refractivity contribution in [3.05, 3.63) is 78.5 Å². The van der Waals surface area contributed by atoms with Crippen LogP contribution in [0.25, 0.3) is 22.9 Å². The Bertz CT molecular complexity index is 917. The average molecular weight is 301 g/mol. The van der Waals surface area contributed by atoms with E-state index < -0.39 is 0 Å². The van der Waals surface area contributed by atoms with E-state index in [2.05, 4.69) is 51.4 Å². The number of allylic oxidation sites excluding steroid dienone is 4. The summed E-state index contributed by atoms with van der Waals surface area (Å²) in [7, 11) is 2.05. The number of aromatic nitrogens is 2. The molecule has 0 fully saturated rings. The first kappa shape index (κ1) is 13.5. The molecule has 0 saturated heterocycles. The number of benzene rings is 1. The maximum Gasteiger partial charge on any atom is 0.221 e. The normalized spacial score (nSPS) is 15.7. The summed E-state index contributed by atoms with van der Waals surface area (Å²) in [5, 5.41) is 0. The molecule has 3 aromatic rings. The molecule has 1 aromatic carbocycles. The van der Waals surface area contributed by atoms with Gasteiger partial charge in [0, 0.05) is 36.8 Å². The van der Waals surface area contributed by atoms with Crippen LogP contribution >= 0.6 is 0 Å². The second-order valence-corrected chi connectivity index (χ2v) is 5.30. The van der Waals surface area contributed by atoms with Crippen molar-refractivity contribution >= 4 is 28.6 Å². The van der Waals surface area contributed by atoms with Crippen LogP contribution in [0.2, 0.25) is 0 Å². The van der Waals surface area contributed by atoms with Crippen LogP contribution in [0.3, 0.4) is 0 Å². The molecule has 1 aliphatic rings. The molecule has 2 aromatic heterocycles. The third-order valence-corrected chi connectivity index (χ3v) is 3.77. The van der Waals surface area contributed by atoms with Gasteiger partial charge in [-0.15, -0.1) is 0 Å². The van der Waals surface area contributed by atoms with Crippen molar-refractivity contribution in [1.29, 1.82) is 0 Å². The molecule has 3 heterocycles. The van der Waals surface area contributed by atoms with E-state index in [1.54, 1.807) is 6.20 Å². The SMILES string of the molecule is CN1C=C/C(=C\C=C\c2nc3ncccc3o2)c2ccccc21. The molecule has 0 saturated carbocycles. The first-order valence-corrected chi connectivity index (χ1v) is 7.42. The maximum atomic E-state index is 5.63. The molecule has 0 spiro atoms. The fourth-order valence-corrected chi connectivity index (χ4v) is 2.62. The molecule has 112 valence electrons. The van der Waals surface area contributed by atoms with E-state index in [0.717, 1.165) is 5.57 Å². The second-order valence-electron chi connectivity index (χ2n) is 5.30. The van der Waals surface area contributed by atoms with Crippen LogP contribution in [0, 0.1) is 0 Å². The largest absolute Gasteiger partial charge is 0.435 e. The lowest BCUT2D eigenvalue weighted by atomic mass is 10.00. The molecule has 0 unspecified atom stereocenters. The number of rotatable bonds is 2. The van der Waals surface area contributed by atoms with Gasteiger partial charge in [-0.25, -0.2) is 4.98 Å². The van der Waals surface area contributed by atoms with E-state index >= 15 is 0 Å². The molecule has 23 heavy (non-hydrogen) atoms. The monoisotopic (exact) mass is 301 g/mol. The summed E-state index contributed by atoms with van der Waals surface area (Å²) in [6.07, 6.45) is 11.7. The molecular formula is C19H15N3O. The van der Waals surface area contributed by atoms with Crippen LogP contribution in [0.5, 0.6) is 0 Å². The van der Waals surface area contributed by atoms with Crippen LogP contribution in [-0.4, -0.2) is 17.0 Å². The molecule has 4 heteroatoms. The van der Waals surface area contributed by atoms with Gasteiger partial charge in [-0.3, -0.25) is 0 Å². The zero-order chi connectivity index (χ0) is 15.6. The van der Waals surface area contributed by atoms with E-state index in [9.17, 15) is 0 Å². The van der Waals surface area contributed by atoms with Crippen molar-refractivity contribution in [3.63, 3.8) is 0 Å². The van der Waals surface area contributed by atoms with E-state index in [1.807, 2.05) is 37.4 Å². The summed E-state index contributed by atoms with van der Waals surface area (Å²) < 4.78 is 5.63. The highest BCUT2D eigenvalue weighted by atomic mass is 16.3. The molecule has 0 radical (unpaired) electrons. The fraction of sp³-hybridized carbons (Fsp3) is 0.0526. The summed E-state index contributed by atoms with van der Waals surface area (Å²) in [4.78, 5) is 10.6. The lowest BCUT2D eigenvalue weighted by Gasteiger charge is -2.23. The van der Waals surface area contributed by atoms with Crippen molar-refractivity contribution < 1.29 is 4.42 Å². The molecule has 0 amide bonds. The van der Waals surface area contributed by atoms with Crippen LogP contribution in [-0.2, 0) is 0 Å². The highest BCUT2D eigenvalue weighted by molar-refractivity contribution is 5.87. The van der Waals surface area contributed by atoms with Crippen molar-refractivity contribution in [2.45, 2.75) is 0 Å². The Hall–Kier alpha value is -3.14. The summed E-state index contributed by atoms with van der Waals surface area (Å²) in [6.45, 7) is 0. The summed E-state index contributed by atoms with van der Waals surface area (Å²) >= 11 is 0. The Kier molecular flexibility index (Phi) is 3.27. The van der Waals surface area contributed by atoms with Crippen molar-refractivity contribution in [1.82, 2.24) is 9.97 Å². The molecule has 0 N–H and O–H groups in total. The lowest BCUT2D eigenvalue weighted by molar-refractivity contribution is 0.589. The molecule has 0 aliphatic carbocycles. The van der Waals surface area contributed by atoms with E-state index in [4.69, 9.17) is 4.42 Å². The number of oxazole rings is 1. The Balaban J connectivity index is 1.64. The minimum Gasteiger partial charge on any atom is -0.435 e. The van der Waals surface area contributed by atoms with Crippen LogP contribution in [0.15, 0.2) is 71.4 Å². The van der Waals surface area contributed by atoms with Gasteiger partial charge in [0.25, 0.3) is 0 Å². The van der Waals surface area contributed by atoms with E-state index in [0.29, 0.717) is 17.1 Å².